The Kier molecular flexibility index (Phi) is 11.8. The molecule has 4 aromatic carbocycles. The summed E-state index contributed by atoms with van der Waals surface area (Å²) in [5.74, 6) is -1.04. The summed E-state index contributed by atoms with van der Waals surface area (Å²) in [7, 11) is -4.24. The maximum Gasteiger partial charge on any atom is 0.337 e. The number of quaternary nitrogens is 1. The lowest BCUT2D eigenvalue weighted by Gasteiger charge is -2.36. The van der Waals surface area contributed by atoms with Gasteiger partial charge in [-0.3, -0.25) is 14.7 Å². The molecule has 1 aliphatic heterocycles. The SMILES string of the molecule is O=C(O)c1cncc(-c2ccccc2CN2CCN(c3ccc(C(=O)NS(=O)(=O)c4ccc(NCCSc5ccccc5)c([NH2+][O-])c4)cc3)CC2)c1. The summed E-state index contributed by atoms with van der Waals surface area (Å²) >= 11 is 1.66. The van der Waals surface area contributed by atoms with Gasteiger partial charge in [0.25, 0.3) is 15.9 Å². The van der Waals surface area contributed by atoms with Crippen molar-refractivity contribution >= 4 is 50.7 Å². The van der Waals surface area contributed by atoms with Crippen LogP contribution in [0.5, 0.6) is 0 Å². The third-order valence-corrected chi connectivity index (χ3v) is 11.0. The van der Waals surface area contributed by atoms with Crippen molar-refractivity contribution in [3.05, 3.63) is 137 Å². The Hall–Kier alpha value is -5.25. The lowest BCUT2D eigenvalue weighted by Crippen LogP contribution is -2.70. The molecular formula is C38H38N6O6S2. The van der Waals surface area contributed by atoms with Crippen LogP contribution in [0.3, 0.4) is 0 Å². The number of carbonyl (C=O) groups is 2. The zero-order chi connectivity index (χ0) is 36.5. The Balaban J connectivity index is 1.01. The monoisotopic (exact) mass is 738 g/mol. The van der Waals surface area contributed by atoms with Crippen LogP contribution >= 0.6 is 11.8 Å². The highest BCUT2D eigenvalue weighted by Crippen LogP contribution is 2.27. The van der Waals surface area contributed by atoms with Gasteiger partial charge in [-0.2, -0.15) is 0 Å². The molecule has 0 unspecified atom stereocenters. The zero-order valence-electron chi connectivity index (χ0n) is 28.1. The highest BCUT2D eigenvalue weighted by atomic mass is 32.2. The molecule has 1 aromatic heterocycles. The number of anilines is 2. The van der Waals surface area contributed by atoms with Gasteiger partial charge in [-0.25, -0.2) is 17.9 Å². The molecule has 12 nitrogen and oxygen atoms in total. The second-order valence-corrected chi connectivity index (χ2v) is 15.0. The van der Waals surface area contributed by atoms with Crippen LogP contribution in [0.1, 0.15) is 26.3 Å². The molecule has 0 atom stereocenters. The topological polar surface area (TPSA) is 172 Å². The van der Waals surface area contributed by atoms with E-state index in [1.54, 1.807) is 48.3 Å². The van der Waals surface area contributed by atoms with Crippen molar-refractivity contribution in [2.75, 3.05) is 48.7 Å². The molecular weight excluding hydrogens is 701 g/mol. The molecule has 5 aromatic rings. The van der Waals surface area contributed by atoms with Crippen LogP contribution in [0, 0.1) is 5.21 Å². The van der Waals surface area contributed by atoms with Crippen LogP contribution in [-0.2, 0) is 16.6 Å². The van der Waals surface area contributed by atoms with Crippen LogP contribution in [0.15, 0.2) is 125 Å². The summed E-state index contributed by atoms with van der Waals surface area (Å²) < 4.78 is 28.4. The molecule has 1 amide bonds. The predicted octanol–water partition coefficient (Wildman–Crippen LogP) is 4.78. The number of nitrogens with two attached hydrogens (primary N) is 1. The number of carboxylic acids is 1. The van der Waals surface area contributed by atoms with E-state index in [1.807, 2.05) is 54.6 Å². The highest BCUT2D eigenvalue weighted by molar-refractivity contribution is 7.99. The fourth-order valence-electron chi connectivity index (χ4n) is 5.95. The van der Waals surface area contributed by atoms with Crippen molar-refractivity contribution in [3.63, 3.8) is 0 Å². The summed E-state index contributed by atoms with van der Waals surface area (Å²) in [6.07, 6.45) is 3.02. The Morgan fingerprint density at radius 2 is 1.60 bits per heavy atom. The predicted molar refractivity (Wildman–Crippen MR) is 202 cm³/mol. The van der Waals surface area contributed by atoms with E-state index in [-0.39, 0.29) is 21.7 Å². The first-order valence-corrected chi connectivity index (χ1v) is 19.1. The Morgan fingerprint density at radius 1 is 0.865 bits per heavy atom. The minimum absolute atomic E-state index is 0.141. The number of amides is 1. The van der Waals surface area contributed by atoms with Crippen molar-refractivity contribution in [1.29, 1.82) is 0 Å². The second kappa shape index (κ2) is 16.8. The molecule has 1 saturated heterocycles. The minimum atomic E-state index is -4.24. The maximum atomic E-state index is 13.1. The molecule has 1 aliphatic rings. The van der Waals surface area contributed by atoms with Gasteiger partial charge in [0.1, 0.15) is 0 Å². The number of thioether (sulfide) groups is 1. The van der Waals surface area contributed by atoms with E-state index in [2.05, 4.69) is 24.8 Å². The lowest BCUT2D eigenvalue weighted by atomic mass is 9.99. The van der Waals surface area contributed by atoms with Crippen LogP contribution in [-0.4, -0.2) is 73.8 Å². The maximum absolute atomic E-state index is 13.1. The van der Waals surface area contributed by atoms with Crippen LogP contribution < -0.4 is 20.4 Å². The van der Waals surface area contributed by atoms with Crippen LogP contribution in [0.4, 0.5) is 17.1 Å². The van der Waals surface area contributed by atoms with Crippen molar-refractivity contribution < 1.29 is 28.6 Å². The molecule has 0 radical (unpaired) electrons. The number of hydrogen-bond donors (Lipinski definition) is 4. The van der Waals surface area contributed by atoms with Gasteiger partial charge in [-0.1, -0.05) is 42.5 Å². The Morgan fingerprint density at radius 3 is 2.33 bits per heavy atom. The van der Waals surface area contributed by atoms with E-state index in [0.29, 0.717) is 24.3 Å². The summed E-state index contributed by atoms with van der Waals surface area (Å²) in [6.45, 7) is 4.31. The van der Waals surface area contributed by atoms with E-state index in [9.17, 15) is 28.3 Å². The molecule has 5 N–H and O–H groups in total. The number of hydrogen-bond acceptors (Lipinski definition) is 10. The molecule has 52 heavy (non-hydrogen) atoms. The number of carbonyl (C=O) groups excluding carboxylic acids is 1. The summed E-state index contributed by atoms with van der Waals surface area (Å²) in [5.41, 5.74) is 5.30. The average molecular weight is 739 g/mol. The van der Waals surface area contributed by atoms with Gasteiger partial charge in [0.15, 0.2) is 5.69 Å². The average Bonchev–Trinajstić information content (AvgIpc) is 3.17. The first kappa shape index (κ1) is 36.5. The highest BCUT2D eigenvalue weighted by Gasteiger charge is 2.23. The standard InChI is InChI=1S/C38H38N6O6S2/c45-37(42-52(49,50)33-14-15-35(36(23-33)41-48)40-16-21-51-32-7-2-1-3-8-32)27-10-12-31(13-11-27)44-19-17-43(18-20-44)26-28-6-4-5-9-34(28)29-22-30(38(46)47)25-39-24-29/h1-15,22-25,40H,16-21,26,41H2,(H,42,45)(H,46,47). The second-order valence-electron chi connectivity index (χ2n) is 12.1. The summed E-state index contributed by atoms with van der Waals surface area (Å²) in [6, 6.07) is 30.4. The molecule has 268 valence electrons. The molecule has 0 saturated carbocycles. The third kappa shape index (κ3) is 9.15. The normalized spacial score (nSPS) is 13.4. The molecule has 0 bridgehead atoms. The number of pyridine rings is 1. The third-order valence-electron chi connectivity index (χ3n) is 8.69. The summed E-state index contributed by atoms with van der Waals surface area (Å²) in [5, 5.41) is 24.4. The number of aromatic nitrogens is 1. The number of aromatic carboxylic acids is 1. The van der Waals surface area contributed by atoms with Gasteiger partial charge in [0.2, 0.25) is 0 Å². The van der Waals surface area contributed by atoms with Gasteiger partial charge in [0, 0.05) is 85.2 Å². The van der Waals surface area contributed by atoms with Crippen molar-refractivity contribution in [3.8, 4) is 11.1 Å². The number of piperazine rings is 1. The first-order valence-electron chi connectivity index (χ1n) is 16.6. The van der Waals surface area contributed by atoms with Crippen molar-refractivity contribution in [2.24, 2.45) is 0 Å². The first-order chi connectivity index (χ1) is 25.2. The van der Waals surface area contributed by atoms with Crippen LogP contribution in [0.2, 0.25) is 0 Å². The molecule has 1 fully saturated rings. The van der Waals surface area contributed by atoms with Gasteiger partial charge in [0.05, 0.1) is 16.1 Å². The Bertz CT molecular complexity index is 2130. The number of sulfonamides is 1. The van der Waals surface area contributed by atoms with Gasteiger partial charge in [-0.05, 0) is 65.7 Å². The molecule has 0 aliphatic carbocycles. The van der Waals surface area contributed by atoms with Gasteiger partial charge in [-0.15, -0.1) is 11.8 Å². The fraction of sp³-hybridized carbons (Fsp3) is 0.184. The van der Waals surface area contributed by atoms with E-state index in [0.717, 1.165) is 59.2 Å². The van der Waals surface area contributed by atoms with Gasteiger partial charge >= 0.3 is 5.97 Å². The molecule has 14 heteroatoms. The quantitative estimate of drug-likeness (QED) is 0.0535. The largest absolute Gasteiger partial charge is 0.630 e. The molecule has 6 rings (SSSR count). The smallest absolute Gasteiger partial charge is 0.337 e. The van der Waals surface area contributed by atoms with Gasteiger partial charge < -0.3 is 26.0 Å². The number of nitrogens with zero attached hydrogens (tertiary/aromatic N) is 3. The zero-order valence-corrected chi connectivity index (χ0v) is 29.8. The summed E-state index contributed by atoms with van der Waals surface area (Å²) in [4.78, 5) is 34.1. The minimum Gasteiger partial charge on any atom is -0.630 e. The van der Waals surface area contributed by atoms with Crippen molar-refractivity contribution in [2.45, 2.75) is 16.3 Å². The van der Waals surface area contributed by atoms with E-state index >= 15 is 0 Å². The lowest BCUT2D eigenvalue weighted by molar-refractivity contribution is -0.496. The van der Waals surface area contributed by atoms with E-state index in [1.165, 1.54) is 24.4 Å². The fourth-order valence-corrected chi connectivity index (χ4v) is 7.75. The molecule has 0 spiro atoms. The Labute approximate surface area is 306 Å². The van der Waals surface area contributed by atoms with E-state index in [4.69, 9.17) is 0 Å². The van der Waals surface area contributed by atoms with E-state index < -0.39 is 21.9 Å². The number of rotatable bonds is 14. The number of carboxylic acid groups (broad SMARTS) is 1. The number of benzene rings is 4. The molecule has 2 heterocycles. The number of nitrogens with one attached hydrogen (secondary N) is 2. The van der Waals surface area contributed by atoms with Crippen molar-refractivity contribution in [1.82, 2.24) is 14.6 Å². The van der Waals surface area contributed by atoms with Crippen LogP contribution in [0.25, 0.3) is 11.1 Å².